The third-order valence-electron chi connectivity index (χ3n) is 3.09. The normalized spacial score (nSPS) is 13.3. The van der Waals surface area contributed by atoms with Crippen LogP contribution in [0.1, 0.15) is 41.0 Å². The van der Waals surface area contributed by atoms with Crippen molar-refractivity contribution in [2.75, 3.05) is 20.1 Å². The molecule has 0 aliphatic carbocycles. The van der Waals surface area contributed by atoms with Crippen LogP contribution in [0.3, 0.4) is 0 Å². The molecule has 0 aromatic carbocycles. The highest BCUT2D eigenvalue weighted by Gasteiger charge is 2.23. The maximum atomic E-state index is 11.4. The first kappa shape index (κ1) is 16.1. The van der Waals surface area contributed by atoms with Gasteiger partial charge >= 0.3 is 0 Å². The van der Waals surface area contributed by atoms with Crippen molar-refractivity contribution in [2.24, 2.45) is 5.92 Å². The van der Waals surface area contributed by atoms with Crippen LogP contribution in [0.4, 0.5) is 0 Å². The van der Waals surface area contributed by atoms with Gasteiger partial charge in [-0.1, -0.05) is 13.8 Å². The molecule has 0 saturated carbocycles. The zero-order valence-electron chi connectivity index (χ0n) is 12.0. The van der Waals surface area contributed by atoms with Gasteiger partial charge in [-0.25, -0.2) is 0 Å². The van der Waals surface area contributed by atoms with Crippen molar-refractivity contribution in [3.63, 3.8) is 0 Å². The number of ketones is 1. The molecule has 0 aromatic rings. The highest BCUT2D eigenvalue weighted by molar-refractivity contribution is 5.85. The van der Waals surface area contributed by atoms with Gasteiger partial charge in [0.2, 0.25) is 5.91 Å². The lowest BCUT2D eigenvalue weighted by atomic mass is 9.99. The number of carbonyl (C=O) groups is 2. The molecule has 4 nitrogen and oxygen atoms in total. The van der Waals surface area contributed by atoms with Crippen LogP contribution in [-0.2, 0) is 9.59 Å². The molecule has 0 aromatic heterocycles. The average Bonchev–Trinajstić information content (AvgIpc) is 2.25. The lowest BCUT2D eigenvalue weighted by molar-refractivity contribution is -0.130. The van der Waals surface area contributed by atoms with Gasteiger partial charge in [-0.2, -0.15) is 0 Å². The van der Waals surface area contributed by atoms with Gasteiger partial charge in [0.1, 0.15) is 5.78 Å². The van der Waals surface area contributed by atoms with Gasteiger partial charge in [0.25, 0.3) is 0 Å². The van der Waals surface area contributed by atoms with Gasteiger partial charge in [0.15, 0.2) is 0 Å². The Labute approximate surface area is 105 Å². The van der Waals surface area contributed by atoms with E-state index in [-0.39, 0.29) is 11.7 Å². The van der Waals surface area contributed by atoms with Crippen LogP contribution in [0, 0.1) is 5.92 Å². The summed E-state index contributed by atoms with van der Waals surface area (Å²) >= 11 is 0. The maximum Gasteiger partial charge on any atom is 0.222 e. The van der Waals surface area contributed by atoms with Crippen LogP contribution in [-0.4, -0.2) is 42.3 Å². The van der Waals surface area contributed by atoms with Crippen molar-refractivity contribution in [1.82, 2.24) is 10.2 Å². The molecule has 100 valence electrons. The second kappa shape index (κ2) is 6.74. The molecule has 1 atom stereocenters. The third kappa shape index (κ3) is 5.82. The summed E-state index contributed by atoms with van der Waals surface area (Å²) in [4.78, 5) is 24.5. The number of rotatable bonds is 7. The molecule has 0 heterocycles. The molecular weight excluding hydrogens is 216 g/mol. The van der Waals surface area contributed by atoms with Gasteiger partial charge in [-0.15, -0.1) is 0 Å². The molecule has 1 amide bonds. The number of Topliss-reactive ketones (excluding diaryl/α,β-unsaturated/α-hetero) is 1. The minimum atomic E-state index is -0.485. The van der Waals surface area contributed by atoms with Crippen molar-refractivity contribution in [3.8, 4) is 0 Å². The number of hydrogen-bond donors (Lipinski definition) is 1. The highest BCUT2D eigenvalue weighted by atomic mass is 16.2. The van der Waals surface area contributed by atoms with Crippen molar-refractivity contribution in [1.29, 1.82) is 0 Å². The standard InChI is InChI=1S/C13H26N2O2/c1-7-12(17)15(6)9-10(2)8-14-13(4,5)11(3)16/h10,14H,7-9H2,1-6H3. The molecule has 0 radical (unpaired) electrons. The Balaban J connectivity index is 4.07. The molecule has 0 aliphatic rings. The Kier molecular flexibility index (Phi) is 6.39. The smallest absolute Gasteiger partial charge is 0.222 e. The minimum absolute atomic E-state index is 0.127. The Hall–Kier alpha value is -0.900. The van der Waals surface area contributed by atoms with Crippen LogP contribution < -0.4 is 5.32 Å². The summed E-state index contributed by atoms with van der Waals surface area (Å²) in [6.07, 6.45) is 0.537. The number of amides is 1. The lowest BCUT2D eigenvalue weighted by Gasteiger charge is -2.27. The van der Waals surface area contributed by atoms with Crippen LogP contribution in [0.5, 0.6) is 0 Å². The summed E-state index contributed by atoms with van der Waals surface area (Å²) in [5.74, 6) is 0.611. The summed E-state index contributed by atoms with van der Waals surface area (Å²) in [6.45, 7) is 10.7. The Morgan fingerprint density at radius 3 is 2.29 bits per heavy atom. The molecule has 0 spiro atoms. The third-order valence-corrected chi connectivity index (χ3v) is 3.09. The highest BCUT2D eigenvalue weighted by Crippen LogP contribution is 2.06. The Bertz CT molecular complexity index is 275. The fraction of sp³-hybridized carbons (Fsp3) is 0.846. The largest absolute Gasteiger partial charge is 0.345 e. The summed E-state index contributed by atoms with van der Waals surface area (Å²) in [6, 6.07) is 0. The van der Waals surface area contributed by atoms with Crippen LogP contribution in [0.15, 0.2) is 0 Å². The van der Waals surface area contributed by atoms with Crippen molar-refractivity contribution >= 4 is 11.7 Å². The molecule has 1 unspecified atom stereocenters. The molecule has 1 N–H and O–H groups in total. The fourth-order valence-corrected chi connectivity index (χ4v) is 1.46. The quantitative estimate of drug-likeness (QED) is 0.735. The van der Waals surface area contributed by atoms with Gasteiger partial charge < -0.3 is 10.2 Å². The van der Waals surface area contributed by atoms with E-state index in [0.717, 1.165) is 6.54 Å². The van der Waals surface area contributed by atoms with Crippen molar-refractivity contribution in [3.05, 3.63) is 0 Å². The van der Waals surface area contributed by atoms with Gasteiger partial charge in [0.05, 0.1) is 5.54 Å². The van der Waals surface area contributed by atoms with E-state index in [2.05, 4.69) is 12.2 Å². The van der Waals surface area contributed by atoms with E-state index >= 15 is 0 Å². The minimum Gasteiger partial charge on any atom is -0.345 e. The number of nitrogens with zero attached hydrogens (tertiary/aromatic N) is 1. The summed E-state index contributed by atoms with van der Waals surface area (Å²) in [5.41, 5.74) is -0.485. The maximum absolute atomic E-state index is 11.4. The molecule has 0 saturated heterocycles. The van der Waals surface area contributed by atoms with Crippen molar-refractivity contribution in [2.45, 2.75) is 46.6 Å². The first-order valence-corrected chi connectivity index (χ1v) is 6.20. The predicted molar refractivity (Wildman–Crippen MR) is 69.9 cm³/mol. The Morgan fingerprint density at radius 1 is 1.35 bits per heavy atom. The van der Waals surface area contributed by atoms with E-state index in [0.29, 0.717) is 18.9 Å². The van der Waals surface area contributed by atoms with Crippen LogP contribution in [0.2, 0.25) is 0 Å². The van der Waals surface area contributed by atoms with Gasteiger partial charge in [0, 0.05) is 26.6 Å². The van der Waals surface area contributed by atoms with Crippen LogP contribution in [0.25, 0.3) is 0 Å². The lowest BCUT2D eigenvalue weighted by Crippen LogP contribution is -2.48. The van der Waals surface area contributed by atoms with Crippen LogP contribution >= 0.6 is 0 Å². The molecule has 0 bridgehead atoms. The summed E-state index contributed by atoms with van der Waals surface area (Å²) in [5, 5.41) is 3.23. The molecule has 0 aliphatic heterocycles. The first-order valence-electron chi connectivity index (χ1n) is 6.20. The fourth-order valence-electron chi connectivity index (χ4n) is 1.46. The molecule has 0 fully saturated rings. The zero-order chi connectivity index (χ0) is 13.6. The monoisotopic (exact) mass is 242 g/mol. The zero-order valence-corrected chi connectivity index (χ0v) is 12.0. The Morgan fingerprint density at radius 2 is 1.88 bits per heavy atom. The summed E-state index contributed by atoms with van der Waals surface area (Å²) < 4.78 is 0. The number of carbonyl (C=O) groups excluding carboxylic acids is 2. The molecule has 0 rings (SSSR count). The topological polar surface area (TPSA) is 49.4 Å². The molecular formula is C13H26N2O2. The van der Waals surface area contributed by atoms with Crippen molar-refractivity contribution < 1.29 is 9.59 Å². The van der Waals surface area contributed by atoms with E-state index in [1.165, 1.54) is 0 Å². The molecule has 17 heavy (non-hydrogen) atoms. The van der Waals surface area contributed by atoms with E-state index in [1.54, 1.807) is 11.8 Å². The number of hydrogen-bond acceptors (Lipinski definition) is 3. The van der Waals surface area contributed by atoms with Gasteiger partial charge in [-0.3, -0.25) is 9.59 Å². The van der Waals surface area contributed by atoms with E-state index in [4.69, 9.17) is 0 Å². The second-order valence-electron chi connectivity index (χ2n) is 5.30. The van der Waals surface area contributed by atoms with E-state index in [1.807, 2.05) is 27.8 Å². The number of nitrogens with one attached hydrogen (secondary N) is 1. The van der Waals surface area contributed by atoms with E-state index in [9.17, 15) is 9.59 Å². The predicted octanol–water partition coefficient (Wildman–Crippen LogP) is 1.45. The van der Waals surface area contributed by atoms with Gasteiger partial charge in [-0.05, 0) is 26.7 Å². The summed E-state index contributed by atoms with van der Waals surface area (Å²) in [7, 11) is 1.82. The molecule has 4 heteroatoms. The second-order valence-corrected chi connectivity index (χ2v) is 5.30. The SMILES string of the molecule is CCC(=O)N(C)CC(C)CNC(C)(C)C(C)=O. The average molecular weight is 242 g/mol. The van der Waals surface area contributed by atoms with E-state index < -0.39 is 5.54 Å². The first-order chi connectivity index (χ1) is 7.70.